The number of carbonyl (C=O) groups excluding carboxylic acids is 1. The highest BCUT2D eigenvalue weighted by Gasteiger charge is 2.44. The number of unbranched alkanes of at least 4 members (excludes halogenated alkanes) is 1. The molecule has 0 radical (unpaired) electrons. The molecule has 0 bridgehead atoms. The van der Waals surface area contributed by atoms with Crippen molar-refractivity contribution in [1.82, 2.24) is 5.32 Å². The van der Waals surface area contributed by atoms with Gasteiger partial charge in [-0.25, -0.2) is 0 Å². The third-order valence-corrected chi connectivity index (χ3v) is 6.91. The van der Waals surface area contributed by atoms with E-state index < -0.39 is 5.41 Å². The fourth-order valence-corrected chi connectivity index (χ4v) is 4.93. The first-order chi connectivity index (χ1) is 14.1. The normalized spacial score (nSPS) is 22.4. The Labute approximate surface area is 173 Å². The quantitative estimate of drug-likeness (QED) is 0.734. The van der Waals surface area contributed by atoms with E-state index in [1.807, 2.05) is 6.07 Å². The van der Waals surface area contributed by atoms with Crippen molar-refractivity contribution >= 4 is 5.91 Å². The minimum absolute atomic E-state index is 0.159. The lowest BCUT2D eigenvalue weighted by molar-refractivity contribution is -0.126. The number of fused-ring (bicyclic) bond motifs is 1. The van der Waals surface area contributed by atoms with Crippen molar-refractivity contribution < 1.29 is 9.53 Å². The van der Waals surface area contributed by atoms with Crippen LogP contribution in [0.3, 0.4) is 0 Å². The zero-order valence-corrected chi connectivity index (χ0v) is 17.5. The van der Waals surface area contributed by atoms with Crippen LogP contribution in [-0.4, -0.2) is 19.1 Å². The number of hydrogen-bond acceptors (Lipinski definition) is 3. The van der Waals surface area contributed by atoms with Crippen LogP contribution in [0.15, 0.2) is 42.5 Å². The molecule has 2 aliphatic rings. The third-order valence-electron chi connectivity index (χ3n) is 6.91. The summed E-state index contributed by atoms with van der Waals surface area (Å²) in [6.07, 6.45) is 7.44. The van der Waals surface area contributed by atoms with E-state index in [1.165, 1.54) is 36.0 Å². The van der Waals surface area contributed by atoms with Gasteiger partial charge in [0, 0.05) is 6.04 Å². The summed E-state index contributed by atoms with van der Waals surface area (Å²) < 4.78 is 5.47. The molecule has 2 aromatic carbocycles. The van der Waals surface area contributed by atoms with Gasteiger partial charge in [0.05, 0.1) is 18.6 Å². The van der Waals surface area contributed by atoms with Gasteiger partial charge in [-0.2, -0.15) is 0 Å². The zero-order valence-electron chi connectivity index (χ0n) is 17.5. The van der Waals surface area contributed by atoms with Crippen molar-refractivity contribution in [1.29, 1.82) is 0 Å². The Balaban J connectivity index is 1.65. The topological polar surface area (TPSA) is 64.3 Å². The fraction of sp³-hybridized carbons (Fsp3) is 0.480. The molecule has 4 nitrogen and oxygen atoms in total. The predicted octanol–water partition coefficient (Wildman–Crippen LogP) is 4.40. The Bertz CT molecular complexity index is 871. The van der Waals surface area contributed by atoms with Gasteiger partial charge in [-0.05, 0) is 60.1 Å². The number of hydrogen-bond donors (Lipinski definition) is 2. The summed E-state index contributed by atoms with van der Waals surface area (Å²) in [5, 5.41) is 3.87. The van der Waals surface area contributed by atoms with Gasteiger partial charge in [0.1, 0.15) is 5.75 Å². The van der Waals surface area contributed by atoms with Crippen LogP contribution in [-0.2, 0) is 16.6 Å². The molecule has 1 saturated carbocycles. The molecule has 3 N–H and O–H groups in total. The maximum atomic E-state index is 12.1. The molecule has 4 heteroatoms. The number of benzene rings is 2. The van der Waals surface area contributed by atoms with Gasteiger partial charge < -0.3 is 15.8 Å². The number of carbonyl (C=O) groups is 1. The van der Waals surface area contributed by atoms with E-state index in [0.717, 1.165) is 37.0 Å². The van der Waals surface area contributed by atoms with Crippen molar-refractivity contribution in [3.05, 3.63) is 64.7 Å². The number of primary amides is 1. The summed E-state index contributed by atoms with van der Waals surface area (Å²) in [5.41, 5.74) is 10.3. The van der Waals surface area contributed by atoms with E-state index in [1.54, 1.807) is 7.11 Å². The van der Waals surface area contributed by atoms with Crippen LogP contribution >= 0.6 is 0 Å². The van der Waals surface area contributed by atoms with Crippen LogP contribution in [0.4, 0.5) is 0 Å². The van der Waals surface area contributed by atoms with Gasteiger partial charge in [-0.15, -0.1) is 0 Å². The lowest BCUT2D eigenvalue weighted by atomic mass is 9.64. The average molecular weight is 393 g/mol. The van der Waals surface area contributed by atoms with E-state index >= 15 is 0 Å². The highest BCUT2D eigenvalue weighted by Crippen LogP contribution is 2.44. The highest BCUT2D eigenvalue weighted by atomic mass is 16.5. The molecule has 1 fully saturated rings. The second kappa shape index (κ2) is 8.19. The summed E-state index contributed by atoms with van der Waals surface area (Å²) in [6, 6.07) is 15.6. The van der Waals surface area contributed by atoms with Gasteiger partial charge in [-0.1, -0.05) is 56.5 Å². The third kappa shape index (κ3) is 3.66. The van der Waals surface area contributed by atoms with Gasteiger partial charge >= 0.3 is 0 Å². The van der Waals surface area contributed by atoms with Gasteiger partial charge in [-0.3, -0.25) is 4.79 Å². The first-order valence-electron chi connectivity index (χ1n) is 10.9. The Morgan fingerprint density at radius 2 is 1.97 bits per heavy atom. The summed E-state index contributed by atoms with van der Waals surface area (Å²) in [4.78, 5) is 12.1. The molecule has 2 aromatic rings. The SMILES string of the molecule is CCCC[C@H]1Cc2cc(OC)ccc2[C@H](c2ccc(C3(C(N)=O)CCC3)cc2)N1. The largest absolute Gasteiger partial charge is 0.497 e. The van der Waals surface area contributed by atoms with Crippen molar-refractivity contribution in [2.45, 2.75) is 69.4 Å². The molecule has 1 aliphatic carbocycles. The lowest BCUT2D eigenvalue weighted by Crippen LogP contribution is -2.46. The smallest absolute Gasteiger partial charge is 0.228 e. The van der Waals surface area contributed by atoms with E-state index in [2.05, 4.69) is 48.6 Å². The second-order valence-corrected chi connectivity index (χ2v) is 8.63. The number of rotatable bonds is 7. The van der Waals surface area contributed by atoms with E-state index in [4.69, 9.17) is 10.5 Å². The molecular weight excluding hydrogens is 360 g/mol. The number of nitrogens with two attached hydrogens (primary N) is 1. The predicted molar refractivity (Wildman–Crippen MR) is 116 cm³/mol. The lowest BCUT2D eigenvalue weighted by Gasteiger charge is -2.39. The van der Waals surface area contributed by atoms with Crippen molar-refractivity contribution in [3.63, 3.8) is 0 Å². The van der Waals surface area contributed by atoms with E-state index in [0.29, 0.717) is 6.04 Å². The first-order valence-corrected chi connectivity index (χ1v) is 10.9. The van der Waals surface area contributed by atoms with Gasteiger partial charge in [0.15, 0.2) is 0 Å². The maximum absolute atomic E-state index is 12.1. The molecule has 1 heterocycles. The Hall–Kier alpha value is -2.33. The summed E-state index contributed by atoms with van der Waals surface area (Å²) in [5.74, 6) is 0.728. The van der Waals surface area contributed by atoms with Crippen LogP contribution in [0.1, 0.15) is 73.7 Å². The van der Waals surface area contributed by atoms with Crippen LogP contribution < -0.4 is 15.8 Å². The van der Waals surface area contributed by atoms with E-state index in [-0.39, 0.29) is 11.9 Å². The molecule has 29 heavy (non-hydrogen) atoms. The molecule has 0 saturated heterocycles. The van der Waals surface area contributed by atoms with Crippen LogP contribution in [0.5, 0.6) is 5.75 Å². The number of methoxy groups -OCH3 is 1. The Kier molecular flexibility index (Phi) is 5.64. The summed E-state index contributed by atoms with van der Waals surface area (Å²) in [6.45, 7) is 2.24. The first kappa shape index (κ1) is 20.0. The number of amides is 1. The molecular formula is C25H32N2O2. The molecule has 0 spiro atoms. The maximum Gasteiger partial charge on any atom is 0.228 e. The standard InChI is InChI=1S/C25H32N2O2/c1-3-4-6-20-15-18-16-21(29-2)11-12-22(18)23(27-20)17-7-9-19(10-8-17)25(24(26)28)13-5-14-25/h7-12,16,20,23,27H,3-6,13-15H2,1-2H3,(H2,26,28)/t20-,23-/m0/s1. The summed E-state index contributed by atoms with van der Waals surface area (Å²) in [7, 11) is 1.72. The number of nitrogens with one attached hydrogen (secondary N) is 1. The minimum atomic E-state index is -0.451. The molecule has 2 atom stereocenters. The molecule has 1 aliphatic heterocycles. The zero-order chi connectivity index (χ0) is 20.4. The Morgan fingerprint density at radius 1 is 1.21 bits per heavy atom. The van der Waals surface area contributed by atoms with Crippen LogP contribution in [0, 0.1) is 0 Å². The van der Waals surface area contributed by atoms with Gasteiger partial charge in [0.25, 0.3) is 0 Å². The monoisotopic (exact) mass is 392 g/mol. The van der Waals surface area contributed by atoms with Crippen molar-refractivity contribution in [2.75, 3.05) is 7.11 Å². The number of ether oxygens (including phenoxy) is 1. The van der Waals surface area contributed by atoms with Gasteiger partial charge in [0.2, 0.25) is 5.91 Å². The van der Waals surface area contributed by atoms with E-state index in [9.17, 15) is 4.79 Å². The average Bonchev–Trinajstić information content (AvgIpc) is 2.70. The molecule has 0 aromatic heterocycles. The van der Waals surface area contributed by atoms with Crippen LogP contribution in [0.2, 0.25) is 0 Å². The molecule has 154 valence electrons. The van der Waals surface area contributed by atoms with Crippen molar-refractivity contribution in [2.24, 2.45) is 5.73 Å². The van der Waals surface area contributed by atoms with Crippen LogP contribution in [0.25, 0.3) is 0 Å². The van der Waals surface area contributed by atoms with Crippen molar-refractivity contribution in [3.8, 4) is 5.75 Å². The molecule has 0 unspecified atom stereocenters. The summed E-state index contributed by atoms with van der Waals surface area (Å²) >= 11 is 0. The Morgan fingerprint density at radius 3 is 2.55 bits per heavy atom. The highest BCUT2D eigenvalue weighted by molar-refractivity contribution is 5.87. The molecule has 4 rings (SSSR count). The second-order valence-electron chi connectivity index (χ2n) is 8.63. The fourth-order valence-electron chi connectivity index (χ4n) is 4.93. The minimum Gasteiger partial charge on any atom is -0.497 e. The molecule has 1 amide bonds.